The van der Waals surface area contributed by atoms with Gasteiger partial charge >= 0.3 is 12.0 Å². The van der Waals surface area contributed by atoms with Gasteiger partial charge in [-0.1, -0.05) is 69.0 Å². The van der Waals surface area contributed by atoms with Crippen LogP contribution < -0.4 is 0 Å². The van der Waals surface area contributed by atoms with Crippen molar-refractivity contribution >= 4 is 11.9 Å². The van der Waals surface area contributed by atoms with Gasteiger partial charge in [-0.25, -0.2) is 4.79 Å². The van der Waals surface area contributed by atoms with Crippen LogP contribution in [-0.2, 0) is 15.5 Å². The van der Waals surface area contributed by atoms with Crippen LogP contribution in [0.3, 0.4) is 0 Å². The molecule has 1 fully saturated rings. The molecule has 1 heterocycles. The van der Waals surface area contributed by atoms with Crippen molar-refractivity contribution in [3.8, 4) is 0 Å². The Kier molecular flexibility index (Phi) is 7.95. The average Bonchev–Trinajstić information content (AvgIpc) is 2.68. The summed E-state index contributed by atoms with van der Waals surface area (Å²) in [5.41, 5.74) is -0.338. The molecule has 1 aliphatic heterocycles. The molecule has 0 aliphatic carbocycles. The molecule has 0 saturated carbocycles. The third kappa shape index (κ3) is 5.88. The molecule has 0 aromatic heterocycles. The number of carbonyl (C=O) groups excluding carboxylic acids is 2. The maximum atomic E-state index is 14.3. The van der Waals surface area contributed by atoms with E-state index < -0.39 is 23.8 Å². The van der Waals surface area contributed by atoms with Crippen LogP contribution in [0.4, 0.5) is 13.6 Å². The molecular formula is C21H27F2NO3. The van der Waals surface area contributed by atoms with Gasteiger partial charge in [0.2, 0.25) is 5.78 Å². The van der Waals surface area contributed by atoms with Gasteiger partial charge in [-0.2, -0.15) is 8.78 Å². The average molecular weight is 379 g/mol. The third-order valence-corrected chi connectivity index (χ3v) is 4.69. The number of unbranched alkanes of at least 4 members (excludes halogenated alkanes) is 4. The first-order valence-corrected chi connectivity index (χ1v) is 9.56. The molecule has 2 rings (SSSR count). The maximum absolute atomic E-state index is 14.3. The number of hydrogen-bond acceptors (Lipinski definition) is 3. The highest BCUT2D eigenvalue weighted by molar-refractivity contribution is 5.96. The molecule has 27 heavy (non-hydrogen) atoms. The minimum absolute atomic E-state index is 0.226. The highest BCUT2D eigenvalue weighted by Crippen LogP contribution is 2.29. The van der Waals surface area contributed by atoms with Crippen LogP contribution in [0.5, 0.6) is 0 Å². The minimum atomic E-state index is -3.59. The maximum Gasteiger partial charge on any atom is 0.410 e. The SMILES string of the molecule is CCCCCCCN1C(=O)OCCC1/C=C/C(=O)C(F)(F)c1ccccc1. The Bertz CT molecular complexity index is 646. The quantitative estimate of drug-likeness (QED) is 0.420. The Morgan fingerprint density at radius 3 is 2.63 bits per heavy atom. The fraction of sp³-hybridized carbons (Fsp3) is 0.524. The predicted molar refractivity (Wildman–Crippen MR) is 99.7 cm³/mol. The first-order valence-electron chi connectivity index (χ1n) is 9.56. The van der Waals surface area contributed by atoms with Gasteiger partial charge in [0.05, 0.1) is 12.6 Å². The number of hydrogen-bond donors (Lipinski definition) is 0. The van der Waals surface area contributed by atoms with E-state index in [4.69, 9.17) is 4.74 Å². The number of cyclic esters (lactones) is 1. The molecule has 6 heteroatoms. The highest BCUT2D eigenvalue weighted by Gasteiger charge is 2.39. The molecule has 0 N–H and O–H groups in total. The number of halogens is 2. The Morgan fingerprint density at radius 2 is 1.93 bits per heavy atom. The molecule has 0 spiro atoms. The van der Waals surface area contributed by atoms with Gasteiger partial charge in [-0.15, -0.1) is 0 Å². The second kappa shape index (κ2) is 10.2. The lowest BCUT2D eigenvalue weighted by Gasteiger charge is -2.33. The summed E-state index contributed by atoms with van der Waals surface area (Å²) in [4.78, 5) is 25.6. The number of carbonyl (C=O) groups is 2. The molecule has 148 valence electrons. The normalized spacial score (nSPS) is 18.0. The zero-order valence-electron chi connectivity index (χ0n) is 15.7. The molecule has 4 nitrogen and oxygen atoms in total. The molecule has 1 aromatic carbocycles. The topological polar surface area (TPSA) is 46.6 Å². The van der Waals surface area contributed by atoms with E-state index in [9.17, 15) is 18.4 Å². The first-order chi connectivity index (χ1) is 13.0. The van der Waals surface area contributed by atoms with E-state index in [2.05, 4.69) is 6.92 Å². The molecule has 1 atom stereocenters. The zero-order valence-corrected chi connectivity index (χ0v) is 15.7. The lowest BCUT2D eigenvalue weighted by atomic mass is 10.0. The van der Waals surface area contributed by atoms with Crippen molar-refractivity contribution in [2.45, 2.75) is 57.4 Å². The van der Waals surface area contributed by atoms with Crippen molar-refractivity contribution in [3.05, 3.63) is 48.0 Å². The molecule has 0 radical (unpaired) electrons. The van der Waals surface area contributed by atoms with Gasteiger partial charge in [0.1, 0.15) is 0 Å². The highest BCUT2D eigenvalue weighted by atomic mass is 19.3. The summed E-state index contributed by atoms with van der Waals surface area (Å²) in [7, 11) is 0. The van der Waals surface area contributed by atoms with Crippen molar-refractivity contribution in [1.82, 2.24) is 4.90 Å². The summed E-state index contributed by atoms with van der Waals surface area (Å²) in [6, 6.07) is 6.62. The standard InChI is InChI=1S/C21H27F2NO3/c1-2-3-4-5-9-15-24-18(14-16-27-20(24)26)12-13-19(25)21(22,23)17-10-7-6-8-11-17/h6-8,10-13,18H,2-5,9,14-16H2,1H3/b13-12+. The summed E-state index contributed by atoms with van der Waals surface area (Å²) in [6.45, 7) is 2.86. The molecular weight excluding hydrogens is 352 g/mol. The van der Waals surface area contributed by atoms with Gasteiger partial charge in [0.25, 0.3) is 0 Å². The van der Waals surface area contributed by atoms with Crippen LogP contribution in [0.25, 0.3) is 0 Å². The van der Waals surface area contributed by atoms with Gasteiger partial charge in [0.15, 0.2) is 0 Å². The number of nitrogens with zero attached hydrogens (tertiary/aromatic N) is 1. The van der Waals surface area contributed by atoms with Crippen molar-refractivity contribution in [1.29, 1.82) is 0 Å². The Hall–Kier alpha value is -2.24. The van der Waals surface area contributed by atoms with Crippen LogP contribution in [-0.4, -0.2) is 36.0 Å². The second-order valence-corrected chi connectivity index (χ2v) is 6.74. The fourth-order valence-electron chi connectivity index (χ4n) is 3.08. The van der Waals surface area contributed by atoms with E-state index in [0.717, 1.165) is 38.2 Å². The predicted octanol–water partition coefficient (Wildman–Crippen LogP) is 5.09. The lowest BCUT2D eigenvalue weighted by molar-refractivity contribution is -0.139. The Labute approximate surface area is 159 Å². The van der Waals surface area contributed by atoms with Crippen molar-refractivity contribution < 1.29 is 23.1 Å². The van der Waals surface area contributed by atoms with Gasteiger partial charge in [-0.3, -0.25) is 4.79 Å². The number of alkyl halides is 2. The van der Waals surface area contributed by atoms with E-state index in [1.165, 1.54) is 35.2 Å². The minimum Gasteiger partial charge on any atom is -0.449 e. The molecule has 1 saturated heterocycles. The monoisotopic (exact) mass is 379 g/mol. The smallest absolute Gasteiger partial charge is 0.410 e. The second-order valence-electron chi connectivity index (χ2n) is 6.74. The van der Waals surface area contributed by atoms with E-state index in [1.807, 2.05) is 0 Å². The number of ether oxygens (including phenoxy) is 1. The summed E-state index contributed by atoms with van der Waals surface area (Å²) in [5.74, 6) is -4.87. The summed E-state index contributed by atoms with van der Waals surface area (Å²) >= 11 is 0. The first kappa shape index (κ1) is 21.1. The Balaban J connectivity index is 1.99. The van der Waals surface area contributed by atoms with Crippen molar-refractivity contribution in [2.75, 3.05) is 13.2 Å². The van der Waals surface area contributed by atoms with Gasteiger partial charge in [0, 0.05) is 18.5 Å². The fourth-order valence-corrected chi connectivity index (χ4v) is 3.08. The van der Waals surface area contributed by atoms with Crippen molar-refractivity contribution in [2.24, 2.45) is 0 Å². The van der Waals surface area contributed by atoms with Crippen LogP contribution in [0.15, 0.2) is 42.5 Å². The van der Waals surface area contributed by atoms with Crippen LogP contribution >= 0.6 is 0 Å². The molecule has 1 amide bonds. The van der Waals surface area contributed by atoms with E-state index in [-0.39, 0.29) is 12.2 Å². The molecule has 1 unspecified atom stereocenters. The molecule has 1 aliphatic rings. The zero-order chi connectivity index (χ0) is 19.7. The van der Waals surface area contributed by atoms with Crippen LogP contribution in [0.1, 0.15) is 51.0 Å². The van der Waals surface area contributed by atoms with E-state index >= 15 is 0 Å². The van der Waals surface area contributed by atoms with Gasteiger partial charge in [-0.05, 0) is 12.5 Å². The van der Waals surface area contributed by atoms with Crippen LogP contribution in [0, 0.1) is 0 Å². The van der Waals surface area contributed by atoms with Gasteiger partial charge < -0.3 is 9.64 Å². The number of amides is 1. The number of allylic oxidation sites excluding steroid dienone is 1. The summed E-state index contributed by atoms with van der Waals surface area (Å²) in [6.07, 6.45) is 7.56. The number of rotatable bonds is 10. The van der Waals surface area contributed by atoms with Crippen molar-refractivity contribution in [3.63, 3.8) is 0 Å². The number of ketones is 1. The molecule has 1 aromatic rings. The summed E-state index contributed by atoms with van der Waals surface area (Å²) < 4.78 is 33.6. The largest absolute Gasteiger partial charge is 0.449 e. The van der Waals surface area contributed by atoms with E-state index in [1.54, 1.807) is 6.07 Å². The van der Waals surface area contributed by atoms with E-state index in [0.29, 0.717) is 13.0 Å². The number of benzene rings is 1. The summed E-state index contributed by atoms with van der Waals surface area (Å²) in [5, 5.41) is 0. The molecule has 0 bridgehead atoms. The third-order valence-electron chi connectivity index (χ3n) is 4.69. The Morgan fingerprint density at radius 1 is 1.22 bits per heavy atom. The lowest BCUT2D eigenvalue weighted by Crippen LogP contribution is -2.45. The van der Waals surface area contributed by atoms with Crippen LogP contribution in [0.2, 0.25) is 0 Å².